The summed E-state index contributed by atoms with van der Waals surface area (Å²) in [6.45, 7) is 0. The minimum absolute atomic E-state index is 0.0550. The number of aryl methyl sites for hydroxylation is 1. The van der Waals surface area contributed by atoms with Gasteiger partial charge in [-0.05, 0) is 25.0 Å². The van der Waals surface area contributed by atoms with E-state index in [0.29, 0.717) is 27.9 Å². The van der Waals surface area contributed by atoms with Crippen LogP contribution in [0.3, 0.4) is 0 Å². The number of benzene rings is 1. The topological polar surface area (TPSA) is 108 Å². The zero-order chi connectivity index (χ0) is 23.5. The van der Waals surface area contributed by atoms with Crippen molar-refractivity contribution >= 4 is 34.4 Å². The number of ether oxygens (including phenoxy) is 1. The van der Waals surface area contributed by atoms with Gasteiger partial charge in [0.15, 0.2) is 5.65 Å². The summed E-state index contributed by atoms with van der Waals surface area (Å²) in [6, 6.07) is 7.09. The Kier molecular flexibility index (Phi) is 6.83. The molecule has 3 aromatic rings. The van der Waals surface area contributed by atoms with Crippen molar-refractivity contribution in [1.82, 2.24) is 19.1 Å². The quantitative estimate of drug-likeness (QED) is 0.437. The van der Waals surface area contributed by atoms with Gasteiger partial charge < -0.3 is 10.1 Å². The van der Waals surface area contributed by atoms with E-state index in [1.54, 1.807) is 38.4 Å². The number of anilines is 1. The van der Waals surface area contributed by atoms with Crippen molar-refractivity contribution in [2.24, 2.45) is 14.1 Å². The van der Waals surface area contributed by atoms with E-state index in [9.17, 15) is 14.4 Å². The zero-order valence-corrected chi connectivity index (χ0v) is 19.8. The molecule has 1 aliphatic carbocycles. The highest BCUT2D eigenvalue weighted by Gasteiger charge is 2.23. The number of thioether (sulfide) groups is 1. The second kappa shape index (κ2) is 9.78. The van der Waals surface area contributed by atoms with Gasteiger partial charge in [-0.25, -0.2) is 14.8 Å². The first kappa shape index (κ1) is 23.0. The highest BCUT2D eigenvalue weighted by molar-refractivity contribution is 8.00. The van der Waals surface area contributed by atoms with Gasteiger partial charge in [0.25, 0.3) is 5.56 Å². The largest absolute Gasteiger partial charge is 0.497 e. The number of nitrogens with zero attached hydrogens (tertiary/aromatic N) is 4. The lowest BCUT2D eigenvalue weighted by Gasteiger charge is -2.21. The van der Waals surface area contributed by atoms with Crippen LogP contribution >= 0.6 is 11.8 Å². The van der Waals surface area contributed by atoms with E-state index < -0.39 is 11.2 Å². The number of nitrogens with one attached hydrogen (secondary N) is 1. The van der Waals surface area contributed by atoms with E-state index >= 15 is 0 Å². The molecule has 0 aliphatic heterocycles. The van der Waals surface area contributed by atoms with Crippen molar-refractivity contribution in [3.63, 3.8) is 0 Å². The monoisotopic (exact) mass is 469 g/mol. The second-order valence-corrected chi connectivity index (χ2v) is 9.16. The molecule has 4 rings (SSSR count). The molecule has 174 valence electrons. The summed E-state index contributed by atoms with van der Waals surface area (Å²) < 4.78 is 7.62. The third kappa shape index (κ3) is 4.80. The Bertz CT molecular complexity index is 1310. The number of carbonyl (C=O) groups excluding carboxylic acids is 1. The molecule has 10 heteroatoms. The molecule has 2 heterocycles. The highest BCUT2D eigenvalue weighted by atomic mass is 32.2. The normalized spacial score (nSPS) is 14.4. The highest BCUT2D eigenvalue weighted by Crippen LogP contribution is 2.33. The lowest BCUT2D eigenvalue weighted by molar-refractivity contribution is -0.113. The fourth-order valence-corrected chi connectivity index (χ4v) is 4.95. The SMILES string of the molecule is COc1cccc(NC(=O)CSc2nc(C3CCCCC3)nc3c2c(=O)n(C)c(=O)n3C)c1. The summed E-state index contributed by atoms with van der Waals surface area (Å²) >= 11 is 1.18. The van der Waals surface area contributed by atoms with Crippen LogP contribution in [0.4, 0.5) is 5.69 Å². The van der Waals surface area contributed by atoms with E-state index in [4.69, 9.17) is 9.72 Å². The molecule has 1 fully saturated rings. The molecular weight excluding hydrogens is 442 g/mol. The van der Waals surface area contributed by atoms with Gasteiger partial charge in [-0.3, -0.25) is 18.7 Å². The predicted octanol–water partition coefficient (Wildman–Crippen LogP) is 2.81. The van der Waals surface area contributed by atoms with Gasteiger partial charge in [-0.1, -0.05) is 37.1 Å². The first-order valence-corrected chi connectivity index (χ1v) is 11.9. The van der Waals surface area contributed by atoms with E-state index in [1.807, 2.05) is 0 Å². The summed E-state index contributed by atoms with van der Waals surface area (Å²) in [7, 11) is 4.60. The van der Waals surface area contributed by atoms with E-state index in [1.165, 1.54) is 29.8 Å². The average molecular weight is 470 g/mol. The molecule has 0 bridgehead atoms. The van der Waals surface area contributed by atoms with Crippen LogP contribution in [-0.4, -0.2) is 37.9 Å². The molecule has 1 saturated carbocycles. The molecule has 1 amide bonds. The van der Waals surface area contributed by atoms with E-state index in [-0.39, 0.29) is 23.0 Å². The Balaban J connectivity index is 1.68. The summed E-state index contributed by atoms with van der Waals surface area (Å²) in [5.74, 6) is 1.29. The molecular formula is C23H27N5O4S. The number of carbonyl (C=O) groups is 1. The van der Waals surface area contributed by atoms with Crippen LogP contribution in [0.2, 0.25) is 0 Å². The number of amides is 1. The van der Waals surface area contributed by atoms with Gasteiger partial charge in [0.05, 0.1) is 12.9 Å². The van der Waals surface area contributed by atoms with Crippen molar-refractivity contribution < 1.29 is 9.53 Å². The summed E-state index contributed by atoms with van der Waals surface area (Å²) in [5, 5.41) is 3.53. The number of methoxy groups -OCH3 is 1. The van der Waals surface area contributed by atoms with Crippen molar-refractivity contribution in [2.75, 3.05) is 18.2 Å². The number of rotatable bonds is 6. The molecule has 1 N–H and O–H groups in total. The molecule has 0 atom stereocenters. The van der Waals surface area contributed by atoms with Gasteiger partial charge in [0.1, 0.15) is 22.0 Å². The predicted molar refractivity (Wildman–Crippen MR) is 128 cm³/mol. The Labute approximate surface area is 195 Å². The summed E-state index contributed by atoms with van der Waals surface area (Å²) in [6.07, 6.45) is 5.35. The third-order valence-electron chi connectivity index (χ3n) is 5.95. The first-order valence-electron chi connectivity index (χ1n) is 10.9. The fraction of sp³-hybridized carbons (Fsp3) is 0.435. The van der Waals surface area contributed by atoms with Gasteiger partial charge >= 0.3 is 5.69 Å². The minimum atomic E-state index is -0.459. The number of hydrogen-bond donors (Lipinski definition) is 1. The number of fused-ring (bicyclic) bond motifs is 1. The van der Waals surface area contributed by atoms with Crippen LogP contribution < -0.4 is 21.3 Å². The van der Waals surface area contributed by atoms with Crippen molar-refractivity contribution in [3.8, 4) is 5.75 Å². The summed E-state index contributed by atoms with van der Waals surface area (Å²) in [5.41, 5.74) is 0.0367. The summed E-state index contributed by atoms with van der Waals surface area (Å²) in [4.78, 5) is 47.5. The molecule has 0 saturated heterocycles. The van der Waals surface area contributed by atoms with Crippen LogP contribution in [0.1, 0.15) is 43.8 Å². The molecule has 0 unspecified atom stereocenters. The molecule has 33 heavy (non-hydrogen) atoms. The zero-order valence-electron chi connectivity index (χ0n) is 19.0. The minimum Gasteiger partial charge on any atom is -0.497 e. The fourth-order valence-electron chi connectivity index (χ4n) is 4.12. The maximum Gasteiger partial charge on any atom is 0.332 e. The lowest BCUT2D eigenvalue weighted by Crippen LogP contribution is -2.38. The van der Waals surface area contributed by atoms with Gasteiger partial charge in [-0.15, -0.1) is 0 Å². The van der Waals surface area contributed by atoms with Gasteiger partial charge in [0, 0.05) is 31.8 Å². The maximum atomic E-state index is 13.0. The molecule has 1 aromatic carbocycles. The Hall–Kier alpha value is -3.14. The molecule has 0 spiro atoms. The molecule has 0 radical (unpaired) electrons. The van der Waals surface area contributed by atoms with E-state index in [0.717, 1.165) is 30.3 Å². The standard InChI is InChI=1S/C23H27N5O4S/c1-27-20-18(22(30)28(2)23(27)31)21(26-19(25-20)14-8-5-4-6-9-14)33-13-17(29)24-15-10-7-11-16(12-15)32-3/h7,10-12,14H,4-6,8-9,13H2,1-3H3,(H,24,29). The van der Waals surface area contributed by atoms with Crippen LogP contribution in [0.25, 0.3) is 11.0 Å². The number of hydrogen-bond acceptors (Lipinski definition) is 7. The van der Waals surface area contributed by atoms with Gasteiger partial charge in [0.2, 0.25) is 5.91 Å². The smallest absolute Gasteiger partial charge is 0.332 e. The van der Waals surface area contributed by atoms with Crippen LogP contribution in [-0.2, 0) is 18.9 Å². The molecule has 1 aliphatic rings. The maximum absolute atomic E-state index is 13.0. The lowest BCUT2D eigenvalue weighted by atomic mass is 9.89. The second-order valence-electron chi connectivity index (χ2n) is 8.20. The van der Waals surface area contributed by atoms with Crippen LogP contribution in [0.15, 0.2) is 38.9 Å². The Morgan fingerprint density at radius 2 is 1.91 bits per heavy atom. The van der Waals surface area contributed by atoms with Crippen LogP contribution in [0.5, 0.6) is 5.75 Å². The Morgan fingerprint density at radius 1 is 1.15 bits per heavy atom. The molecule has 2 aromatic heterocycles. The average Bonchev–Trinajstić information content (AvgIpc) is 2.85. The van der Waals surface area contributed by atoms with Crippen molar-refractivity contribution in [1.29, 1.82) is 0 Å². The van der Waals surface area contributed by atoms with Crippen molar-refractivity contribution in [3.05, 3.63) is 50.9 Å². The third-order valence-corrected chi connectivity index (χ3v) is 6.92. The Morgan fingerprint density at radius 3 is 2.64 bits per heavy atom. The molecule has 9 nitrogen and oxygen atoms in total. The van der Waals surface area contributed by atoms with Crippen molar-refractivity contribution in [2.45, 2.75) is 43.0 Å². The van der Waals surface area contributed by atoms with Gasteiger partial charge in [-0.2, -0.15) is 0 Å². The number of aromatic nitrogens is 4. The first-order chi connectivity index (χ1) is 15.9. The van der Waals surface area contributed by atoms with E-state index in [2.05, 4.69) is 10.3 Å². The van der Waals surface area contributed by atoms with Crippen LogP contribution in [0, 0.1) is 0 Å².